The van der Waals surface area contributed by atoms with Gasteiger partial charge in [-0.25, -0.2) is 14.4 Å². The van der Waals surface area contributed by atoms with Crippen molar-refractivity contribution in [2.75, 3.05) is 5.32 Å². The highest BCUT2D eigenvalue weighted by Gasteiger charge is 2.07. The first-order valence-electron chi connectivity index (χ1n) is 10.3. The Hall–Kier alpha value is -4.19. The van der Waals surface area contributed by atoms with Gasteiger partial charge in [0.05, 0.1) is 16.9 Å². The van der Waals surface area contributed by atoms with E-state index in [4.69, 9.17) is 4.98 Å². The molecule has 0 aliphatic heterocycles. The maximum Gasteiger partial charge on any atom is 0.135 e. The fraction of sp³-hybridized carbons (Fsp3) is 0.0769. The summed E-state index contributed by atoms with van der Waals surface area (Å²) >= 11 is 0. The van der Waals surface area contributed by atoms with Crippen molar-refractivity contribution in [3.8, 4) is 22.5 Å². The maximum atomic E-state index is 13.6. The molecule has 0 saturated carbocycles. The van der Waals surface area contributed by atoms with Gasteiger partial charge >= 0.3 is 0 Å². The predicted octanol–water partition coefficient (Wildman–Crippen LogP) is 5.81. The topological polar surface area (TPSA) is 63.6 Å². The number of hydrogen-bond donors (Lipinski definition) is 1. The second-order valence-corrected chi connectivity index (χ2v) is 7.52. The zero-order valence-corrected chi connectivity index (χ0v) is 17.5. The lowest BCUT2D eigenvalue weighted by molar-refractivity contribution is 0.628. The number of rotatable bonds is 5. The van der Waals surface area contributed by atoms with Gasteiger partial charge in [0.2, 0.25) is 0 Å². The molecule has 1 aromatic carbocycles. The summed E-state index contributed by atoms with van der Waals surface area (Å²) in [6, 6.07) is 20.2. The van der Waals surface area contributed by atoms with Crippen LogP contribution in [0.3, 0.4) is 0 Å². The summed E-state index contributed by atoms with van der Waals surface area (Å²) < 4.78 is 13.6. The van der Waals surface area contributed by atoms with Gasteiger partial charge in [0, 0.05) is 47.3 Å². The Bertz CT molecular complexity index is 1400. The van der Waals surface area contributed by atoms with Gasteiger partial charge in [-0.2, -0.15) is 0 Å². The van der Waals surface area contributed by atoms with Crippen molar-refractivity contribution in [1.29, 1.82) is 0 Å². The number of nitrogens with one attached hydrogen (secondary N) is 1. The Morgan fingerprint density at radius 3 is 2.47 bits per heavy atom. The van der Waals surface area contributed by atoms with Crippen LogP contribution < -0.4 is 5.32 Å². The smallest absolute Gasteiger partial charge is 0.135 e. The first-order chi connectivity index (χ1) is 15.7. The van der Waals surface area contributed by atoms with Crippen molar-refractivity contribution in [3.63, 3.8) is 0 Å². The molecule has 0 aliphatic rings. The van der Waals surface area contributed by atoms with E-state index < -0.39 is 0 Å². The number of aryl methyl sites for hydroxylation is 1. The van der Waals surface area contributed by atoms with Crippen molar-refractivity contribution in [2.24, 2.45) is 0 Å². The third-order valence-electron chi connectivity index (χ3n) is 5.21. The largest absolute Gasteiger partial charge is 0.365 e. The molecular formula is C26H20FN5. The van der Waals surface area contributed by atoms with Crippen LogP contribution in [-0.2, 0) is 6.54 Å². The molecule has 0 amide bonds. The van der Waals surface area contributed by atoms with Crippen molar-refractivity contribution >= 4 is 16.7 Å². The number of aromatic nitrogens is 4. The number of nitrogens with zero attached hydrogens (tertiary/aromatic N) is 4. The Morgan fingerprint density at radius 1 is 0.812 bits per heavy atom. The van der Waals surface area contributed by atoms with Crippen molar-refractivity contribution < 1.29 is 4.39 Å². The van der Waals surface area contributed by atoms with E-state index in [0.717, 1.165) is 50.5 Å². The SMILES string of the molecule is Cc1cc(-c2ccc(CNc3nccc4nc(-c5cccc(F)c5)ccc34)cn2)ccn1. The molecule has 156 valence electrons. The summed E-state index contributed by atoms with van der Waals surface area (Å²) in [7, 11) is 0. The standard InChI is InChI=1S/C26H20FN5/c1-17-13-20(9-11-28-17)23-7-5-18(15-30-23)16-31-26-22-6-8-24(32-25(22)10-12-29-26)19-3-2-4-21(27)14-19/h2-15H,16H2,1H3,(H,29,31). The van der Waals surface area contributed by atoms with E-state index in [1.54, 1.807) is 18.5 Å². The quantitative estimate of drug-likeness (QED) is 0.388. The summed E-state index contributed by atoms with van der Waals surface area (Å²) in [6.45, 7) is 2.55. The first kappa shape index (κ1) is 19.8. The fourth-order valence-corrected chi connectivity index (χ4v) is 3.59. The lowest BCUT2D eigenvalue weighted by atomic mass is 10.1. The summed E-state index contributed by atoms with van der Waals surface area (Å²) in [5.41, 5.74) is 6.23. The van der Waals surface area contributed by atoms with Gasteiger partial charge in [-0.1, -0.05) is 18.2 Å². The lowest BCUT2D eigenvalue weighted by Gasteiger charge is -2.10. The molecule has 4 heterocycles. The molecule has 0 unspecified atom stereocenters. The fourth-order valence-electron chi connectivity index (χ4n) is 3.59. The van der Waals surface area contributed by atoms with E-state index in [0.29, 0.717) is 6.54 Å². The molecule has 5 aromatic rings. The molecule has 0 saturated heterocycles. The van der Waals surface area contributed by atoms with Crippen molar-refractivity contribution in [3.05, 3.63) is 102 Å². The molecule has 4 aromatic heterocycles. The number of fused-ring (bicyclic) bond motifs is 1. The predicted molar refractivity (Wildman–Crippen MR) is 124 cm³/mol. The van der Waals surface area contributed by atoms with Crippen LogP contribution in [0.4, 0.5) is 10.2 Å². The van der Waals surface area contributed by atoms with E-state index in [-0.39, 0.29) is 5.82 Å². The maximum absolute atomic E-state index is 13.6. The average molecular weight is 421 g/mol. The van der Waals surface area contributed by atoms with E-state index >= 15 is 0 Å². The minimum absolute atomic E-state index is 0.278. The molecule has 0 aliphatic carbocycles. The minimum Gasteiger partial charge on any atom is -0.365 e. The molecule has 1 N–H and O–H groups in total. The molecule has 0 spiro atoms. The van der Waals surface area contributed by atoms with E-state index in [1.165, 1.54) is 12.1 Å². The van der Waals surface area contributed by atoms with Gasteiger partial charge in [0.15, 0.2) is 0 Å². The van der Waals surface area contributed by atoms with Gasteiger partial charge in [0.1, 0.15) is 11.6 Å². The van der Waals surface area contributed by atoms with Gasteiger partial charge in [-0.15, -0.1) is 0 Å². The van der Waals surface area contributed by atoms with E-state index in [2.05, 4.69) is 26.3 Å². The molecule has 5 rings (SSSR count). The molecular weight excluding hydrogens is 401 g/mol. The third kappa shape index (κ3) is 4.16. The van der Waals surface area contributed by atoms with E-state index in [9.17, 15) is 4.39 Å². The zero-order chi connectivity index (χ0) is 21.9. The number of benzene rings is 1. The summed E-state index contributed by atoms with van der Waals surface area (Å²) in [6.07, 6.45) is 5.38. The van der Waals surface area contributed by atoms with Crippen LogP contribution in [0.25, 0.3) is 33.4 Å². The molecule has 0 atom stereocenters. The first-order valence-corrected chi connectivity index (χ1v) is 10.3. The Kier molecular flexibility index (Phi) is 5.25. The highest BCUT2D eigenvalue weighted by Crippen LogP contribution is 2.25. The second-order valence-electron chi connectivity index (χ2n) is 7.52. The van der Waals surface area contributed by atoms with Crippen LogP contribution in [0.2, 0.25) is 0 Å². The lowest BCUT2D eigenvalue weighted by Crippen LogP contribution is -2.03. The van der Waals surface area contributed by atoms with Crippen molar-refractivity contribution in [1.82, 2.24) is 19.9 Å². The van der Waals surface area contributed by atoms with Crippen LogP contribution >= 0.6 is 0 Å². The normalized spacial score (nSPS) is 10.9. The average Bonchev–Trinajstić information content (AvgIpc) is 2.82. The highest BCUT2D eigenvalue weighted by molar-refractivity contribution is 5.90. The third-order valence-corrected chi connectivity index (χ3v) is 5.21. The Balaban J connectivity index is 1.35. The molecule has 5 nitrogen and oxygen atoms in total. The zero-order valence-electron chi connectivity index (χ0n) is 17.5. The number of anilines is 1. The van der Waals surface area contributed by atoms with Crippen LogP contribution in [0.1, 0.15) is 11.3 Å². The van der Waals surface area contributed by atoms with Gasteiger partial charge in [-0.05, 0) is 61.0 Å². The van der Waals surface area contributed by atoms with Crippen LogP contribution in [0.15, 0.2) is 85.3 Å². The summed E-state index contributed by atoms with van der Waals surface area (Å²) in [5.74, 6) is 0.467. The number of halogens is 1. The van der Waals surface area contributed by atoms with Gasteiger partial charge in [-0.3, -0.25) is 9.97 Å². The Morgan fingerprint density at radius 2 is 1.66 bits per heavy atom. The summed E-state index contributed by atoms with van der Waals surface area (Å²) in [5, 5.41) is 4.29. The second kappa shape index (κ2) is 8.51. The van der Waals surface area contributed by atoms with E-state index in [1.807, 2.05) is 55.6 Å². The molecule has 6 heteroatoms. The highest BCUT2D eigenvalue weighted by atomic mass is 19.1. The minimum atomic E-state index is -0.278. The summed E-state index contributed by atoms with van der Waals surface area (Å²) in [4.78, 5) is 18.0. The van der Waals surface area contributed by atoms with Crippen LogP contribution in [-0.4, -0.2) is 19.9 Å². The van der Waals surface area contributed by atoms with Crippen LogP contribution in [0.5, 0.6) is 0 Å². The Labute approximate surface area is 185 Å². The molecule has 0 bridgehead atoms. The molecule has 32 heavy (non-hydrogen) atoms. The number of pyridine rings is 4. The van der Waals surface area contributed by atoms with Crippen LogP contribution in [0, 0.1) is 12.7 Å². The molecule has 0 fully saturated rings. The monoisotopic (exact) mass is 421 g/mol. The molecule has 0 radical (unpaired) electrons. The van der Waals surface area contributed by atoms with Gasteiger partial charge < -0.3 is 5.32 Å². The van der Waals surface area contributed by atoms with Gasteiger partial charge in [0.25, 0.3) is 0 Å². The van der Waals surface area contributed by atoms with Crippen molar-refractivity contribution in [2.45, 2.75) is 13.5 Å². The number of hydrogen-bond acceptors (Lipinski definition) is 5.